The highest BCUT2D eigenvalue weighted by Crippen LogP contribution is 2.22. The van der Waals surface area contributed by atoms with E-state index in [9.17, 15) is 0 Å². The van der Waals surface area contributed by atoms with Gasteiger partial charge in [-0.15, -0.1) is 6.58 Å². The van der Waals surface area contributed by atoms with Crippen molar-refractivity contribution in [1.29, 1.82) is 0 Å². The Morgan fingerprint density at radius 1 is 0.840 bits per heavy atom. The number of ether oxygens (including phenoxy) is 2. The van der Waals surface area contributed by atoms with Gasteiger partial charge in [-0.1, -0.05) is 80.6 Å². The summed E-state index contributed by atoms with van der Waals surface area (Å²) in [7, 11) is 0. The van der Waals surface area contributed by atoms with Crippen LogP contribution in [0.4, 0.5) is 0 Å². The summed E-state index contributed by atoms with van der Waals surface area (Å²) in [4.78, 5) is 0. The van der Waals surface area contributed by atoms with Gasteiger partial charge in [0.05, 0.1) is 25.9 Å². The predicted molar refractivity (Wildman–Crippen MR) is 104 cm³/mol. The highest BCUT2D eigenvalue weighted by molar-refractivity contribution is 5.14. The van der Waals surface area contributed by atoms with Crippen LogP contribution in [-0.4, -0.2) is 12.7 Å². The maximum atomic E-state index is 6.28. The minimum Gasteiger partial charge on any atom is -0.376 e. The fourth-order valence-corrected chi connectivity index (χ4v) is 3.08. The van der Waals surface area contributed by atoms with E-state index in [1.807, 2.05) is 42.5 Å². The van der Waals surface area contributed by atoms with Gasteiger partial charge in [0.2, 0.25) is 0 Å². The van der Waals surface area contributed by atoms with Crippen molar-refractivity contribution in [2.75, 3.05) is 6.61 Å². The summed E-state index contributed by atoms with van der Waals surface area (Å²) in [6.45, 7) is 10.3. The summed E-state index contributed by atoms with van der Waals surface area (Å²) in [5.74, 6) is 0.735. The van der Waals surface area contributed by atoms with Crippen LogP contribution in [0.15, 0.2) is 73.3 Å². The molecule has 0 aromatic heterocycles. The normalized spacial score (nSPS) is 14.6. The molecule has 0 unspecified atom stereocenters. The maximum absolute atomic E-state index is 6.28. The fraction of sp³-hybridized carbons (Fsp3) is 0.391. The molecule has 2 rings (SSSR count). The minimum atomic E-state index is 0.147. The van der Waals surface area contributed by atoms with Gasteiger partial charge in [0, 0.05) is 5.92 Å². The van der Waals surface area contributed by atoms with Gasteiger partial charge >= 0.3 is 0 Å². The number of rotatable bonds is 11. The van der Waals surface area contributed by atoms with E-state index in [0.717, 1.165) is 6.42 Å². The number of benzene rings is 2. The molecule has 0 saturated carbocycles. The first kappa shape index (κ1) is 19.4. The van der Waals surface area contributed by atoms with Crippen LogP contribution in [0.5, 0.6) is 0 Å². The average Bonchev–Trinajstić information content (AvgIpc) is 2.64. The van der Waals surface area contributed by atoms with Gasteiger partial charge < -0.3 is 9.47 Å². The summed E-state index contributed by atoms with van der Waals surface area (Å²) in [5.41, 5.74) is 2.41. The Morgan fingerprint density at radius 2 is 1.40 bits per heavy atom. The van der Waals surface area contributed by atoms with E-state index < -0.39 is 0 Å². The van der Waals surface area contributed by atoms with Gasteiger partial charge in [-0.25, -0.2) is 0 Å². The average molecular weight is 338 g/mol. The van der Waals surface area contributed by atoms with E-state index in [4.69, 9.17) is 9.47 Å². The van der Waals surface area contributed by atoms with Gasteiger partial charge in [-0.05, 0) is 23.5 Å². The second-order valence-electron chi connectivity index (χ2n) is 6.74. The molecule has 0 aliphatic carbocycles. The minimum absolute atomic E-state index is 0.147. The van der Waals surface area contributed by atoms with Crippen molar-refractivity contribution in [3.05, 3.63) is 84.4 Å². The third-order valence-corrected chi connectivity index (χ3v) is 4.44. The molecule has 0 radical (unpaired) electrons. The van der Waals surface area contributed by atoms with Gasteiger partial charge in [-0.3, -0.25) is 0 Å². The summed E-state index contributed by atoms with van der Waals surface area (Å²) < 4.78 is 12.2. The van der Waals surface area contributed by atoms with Crippen LogP contribution in [-0.2, 0) is 22.7 Å². The van der Waals surface area contributed by atoms with Crippen molar-refractivity contribution in [2.45, 2.75) is 39.6 Å². The molecule has 0 fully saturated rings. The fourth-order valence-electron chi connectivity index (χ4n) is 3.08. The Kier molecular flexibility index (Phi) is 8.44. The van der Waals surface area contributed by atoms with Crippen molar-refractivity contribution in [3.63, 3.8) is 0 Å². The number of allylic oxidation sites excluding steroid dienone is 1. The molecule has 0 amide bonds. The van der Waals surface area contributed by atoms with Gasteiger partial charge in [-0.2, -0.15) is 0 Å². The largest absolute Gasteiger partial charge is 0.376 e. The quantitative estimate of drug-likeness (QED) is 0.494. The Balaban J connectivity index is 1.87. The molecule has 0 aliphatic heterocycles. The van der Waals surface area contributed by atoms with E-state index in [0.29, 0.717) is 31.7 Å². The lowest BCUT2D eigenvalue weighted by Crippen LogP contribution is -2.31. The molecule has 2 heteroatoms. The van der Waals surface area contributed by atoms with Gasteiger partial charge in [0.15, 0.2) is 0 Å². The lowest BCUT2D eigenvalue weighted by Gasteiger charge is -2.29. The predicted octanol–water partition coefficient (Wildman–Crippen LogP) is 5.64. The lowest BCUT2D eigenvalue weighted by atomic mass is 9.91. The molecule has 0 aliphatic rings. The summed E-state index contributed by atoms with van der Waals surface area (Å²) in [5, 5.41) is 0. The Morgan fingerprint density at radius 3 is 1.96 bits per heavy atom. The molecular formula is C23H30O2. The van der Waals surface area contributed by atoms with Crippen LogP contribution in [0.3, 0.4) is 0 Å². The Bertz CT molecular complexity index is 594. The first-order valence-corrected chi connectivity index (χ1v) is 9.08. The van der Waals surface area contributed by atoms with Crippen molar-refractivity contribution in [1.82, 2.24) is 0 Å². The van der Waals surface area contributed by atoms with Crippen LogP contribution < -0.4 is 0 Å². The van der Waals surface area contributed by atoms with Gasteiger partial charge in [0.25, 0.3) is 0 Å². The zero-order valence-corrected chi connectivity index (χ0v) is 15.4. The Hall–Kier alpha value is -1.90. The topological polar surface area (TPSA) is 18.5 Å². The smallest absolute Gasteiger partial charge is 0.0720 e. The molecule has 3 atom stereocenters. The molecule has 134 valence electrons. The van der Waals surface area contributed by atoms with Crippen molar-refractivity contribution in [3.8, 4) is 0 Å². The molecular weight excluding hydrogens is 308 g/mol. The van der Waals surface area contributed by atoms with E-state index in [2.05, 4.69) is 44.7 Å². The van der Waals surface area contributed by atoms with Gasteiger partial charge in [0.1, 0.15) is 0 Å². The van der Waals surface area contributed by atoms with E-state index in [1.165, 1.54) is 11.1 Å². The summed E-state index contributed by atoms with van der Waals surface area (Å²) >= 11 is 0. The van der Waals surface area contributed by atoms with Crippen molar-refractivity contribution < 1.29 is 9.47 Å². The SMILES string of the molecule is C=CC[C@H](C)[C@H](OCc1ccccc1)[C@@H](C)COCc1ccccc1. The summed E-state index contributed by atoms with van der Waals surface area (Å²) in [6, 6.07) is 20.6. The molecule has 0 saturated heterocycles. The molecule has 0 N–H and O–H groups in total. The van der Waals surface area contributed by atoms with Crippen LogP contribution >= 0.6 is 0 Å². The molecule has 2 aromatic rings. The third kappa shape index (κ3) is 6.85. The zero-order chi connectivity index (χ0) is 17.9. The van der Waals surface area contributed by atoms with Crippen LogP contribution in [0, 0.1) is 11.8 Å². The highest BCUT2D eigenvalue weighted by Gasteiger charge is 2.24. The monoisotopic (exact) mass is 338 g/mol. The second kappa shape index (κ2) is 10.9. The number of hydrogen-bond donors (Lipinski definition) is 0. The zero-order valence-electron chi connectivity index (χ0n) is 15.4. The molecule has 2 nitrogen and oxygen atoms in total. The highest BCUT2D eigenvalue weighted by atomic mass is 16.5. The first-order chi connectivity index (χ1) is 12.2. The molecule has 0 spiro atoms. The van der Waals surface area contributed by atoms with Crippen LogP contribution in [0.25, 0.3) is 0 Å². The molecule has 25 heavy (non-hydrogen) atoms. The third-order valence-electron chi connectivity index (χ3n) is 4.44. The van der Waals surface area contributed by atoms with Crippen molar-refractivity contribution in [2.24, 2.45) is 11.8 Å². The van der Waals surface area contributed by atoms with Crippen molar-refractivity contribution >= 4 is 0 Å². The van der Waals surface area contributed by atoms with E-state index in [-0.39, 0.29) is 6.10 Å². The number of hydrogen-bond acceptors (Lipinski definition) is 2. The van der Waals surface area contributed by atoms with Crippen LogP contribution in [0.2, 0.25) is 0 Å². The first-order valence-electron chi connectivity index (χ1n) is 9.08. The molecule has 0 bridgehead atoms. The van der Waals surface area contributed by atoms with E-state index >= 15 is 0 Å². The standard InChI is InChI=1S/C23H30O2/c1-4-11-19(2)23(25-18-22-14-9-6-10-15-22)20(3)16-24-17-21-12-7-5-8-13-21/h4-10,12-15,19-20,23H,1,11,16-18H2,2-3H3/t19-,20-,23-/m0/s1. The van der Waals surface area contributed by atoms with Crippen LogP contribution in [0.1, 0.15) is 31.4 Å². The molecule has 0 heterocycles. The lowest BCUT2D eigenvalue weighted by molar-refractivity contribution is -0.0541. The Labute approximate surface area is 152 Å². The van der Waals surface area contributed by atoms with E-state index in [1.54, 1.807) is 0 Å². The molecule has 2 aromatic carbocycles. The maximum Gasteiger partial charge on any atom is 0.0720 e. The summed E-state index contributed by atoms with van der Waals surface area (Å²) in [6.07, 6.45) is 3.07. The second-order valence-corrected chi connectivity index (χ2v) is 6.74.